The summed E-state index contributed by atoms with van der Waals surface area (Å²) in [5, 5.41) is 9.18. The third-order valence-electron chi connectivity index (χ3n) is 4.63. The van der Waals surface area contributed by atoms with Crippen molar-refractivity contribution in [1.29, 1.82) is 5.26 Å². The smallest absolute Gasteiger partial charge is 0.410 e. The second-order valence-electron chi connectivity index (χ2n) is 7.98. The molecule has 5 nitrogen and oxygen atoms in total. The second kappa shape index (κ2) is 7.85. The second-order valence-corrected chi connectivity index (χ2v) is 7.98. The maximum Gasteiger partial charge on any atom is 0.410 e. The Morgan fingerprint density at radius 1 is 1.25 bits per heavy atom. The van der Waals surface area contributed by atoms with Crippen molar-refractivity contribution >= 4 is 11.7 Å². The molecule has 0 aliphatic carbocycles. The highest BCUT2D eigenvalue weighted by atomic mass is 16.6. The van der Waals surface area contributed by atoms with Crippen LogP contribution in [0.4, 0.5) is 4.79 Å². The van der Waals surface area contributed by atoms with E-state index >= 15 is 0 Å². The van der Waals surface area contributed by atoms with E-state index in [1.54, 1.807) is 11.1 Å². The van der Waals surface area contributed by atoms with Crippen LogP contribution in [0, 0.1) is 18.3 Å². The van der Waals surface area contributed by atoms with Gasteiger partial charge < -0.3 is 9.64 Å². The highest BCUT2D eigenvalue weighted by Gasteiger charge is 2.25. The molecule has 0 radical (unpaired) electrons. The van der Waals surface area contributed by atoms with Crippen LogP contribution in [0.15, 0.2) is 42.7 Å². The number of amides is 1. The van der Waals surface area contributed by atoms with Crippen molar-refractivity contribution in [2.45, 2.75) is 39.7 Å². The van der Waals surface area contributed by atoms with Crippen molar-refractivity contribution in [2.75, 3.05) is 13.1 Å². The minimum Gasteiger partial charge on any atom is -0.444 e. The Bertz CT molecular complexity index is 965. The van der Waals surface area contributed by atoms with E-state index in [9.17, 15) is 10.1 Å². The summed E-state index contributed by atoms with van der Waals surface area (Å²) in [5.41, 5.74) is 5.23. The Morgan fingerprint density at radius 3 is 2.71 bits per heavy atom. The van der Waals surface area contributed by atoms with Gasteiger partial charge in [0.1, 0.15) is 5.60 Å². The number of carbonyl (C=O) groups is 1. The van der Waals surface area contributed by atoms with Gasteiger partial charge in [-0.2, -0.15) is 5.26 Å². The molecule has 0 saturated heterocycles. The summed E-state index contributed by atoms with van der Waals surface area (Å²) in [6.07, 6.45) is 6.25. The van der Waals surface area contributed by atoms with Crippen LogP contribution in [0.1, 0.15) is 43.9 Å². The SMILES string of the molecule is Cc1cc(-c2ccncc2C2=CCCN(C(=O)OC(C)(C)C)C2)ccc1C#N. The van der Waals surface area contributed by atoms with Crippen LogP contribution in [0.2, 0.25) is 0 Å². The molecule has 1 amide bonds. The highest BCUT2D eigenvalue weighted by Crippen LogP contribution is 2.32. The summed E-state index contributed by atoms with van der Waals surface area (Å²) in [6, 6.07) is 10.0. The van der Waals surface area contributed by atoms with Gasteiger partial charge in [-0.3, -0.25) is 4.98 Å². The van der Waals surface area contributed by atoms with E-state index in [0.29, 0.717) is 18.7 Å². The summed E-state index contributed by atoms with van der Waals surface area (Å²) in [4.78, 5) is 18.5. The van der Waals surface area contributed by atoms with Crippen molar-refractivity contribution in [1.82, 2.24) is 9.88 Å². The molecule has 1 aromatic heterocycles. The number of benzene rings is 1. The van der Waals surface area contributed by atoms with Gasteiger partial charge in [-0.1, -0.05) is 18.2 Å². The summed E-state index contributed by atoms with van der Waals surface area (Å²) in [5.74, 6) is 0. The minimum absolute atomic E-state index is 0.294. The maximum absolute atomic E-state index is 12.5. The predicted molar refractivity (Wildman–Crippen MR) is 110 cm³/mol. The van der Waals surface area contributed by atoms with Crippen molar-refractivity contribution in [3.63, 3.8) is 0 Å². The normalized spacial score (nSPS) is 14.2. The third-order valence-corrected chi connectivity index (χ3v) is 4.63. The first-order valence-corrected chi connectivity index (χ1v) is 9.41. The fourth-order valence-electron chi connectivity index (χ4n) is 3.28. The van der Waals surface area contributed by atoms with Gasteiger partial charge in [-0.25, -0.2) is 4.79 Å². The van der Waals surface area contributed by atoms with Crippen LogP contribution >= 0.6 is 0 Å². The van der Waals surface area contributed by atoms with E-state index in [2.05, 4.69) is 17.1 Å². The Hall–Kier alpha value is -3.13. The number of hydrogen-bond acceptors (Lipinski definition) is 4. The maximum atomic E-state index is 12.5. The lowest BCUT2D eigenvalue weighted by Gasteiger charge is -2.30. The molecule has 28 heavy (non-hydrogen) atoms. The molecule has 0 spiro atoms. The molecule has 0 unspecified atom stereocenters. The lowest BCUT2D eigenvalue weighted by Crippen LogP contribution is -2.39. The van der Waals surface area contributed by atoms with Gasteiger partial charge in [0.2, 0.25) is 0 Å². The van der Waals surface area contributed by atoms with Crippen LogP contribution in [0.5, 0.6) is 0 Å². The van der Waals surface area contributed by atoms with Gasteiger partial charge in [-0.15, -0.1) is 0 Å². The highest BCUT2D eigenvalue weighted by molar-refractivity contribution is 5.84. The Balaban J connectivity index is 1.91. The van der Waals surface area contributed by atoms with Gasteiger partial charge in [0.05, 0.1) is 11.6 Å². The molecule has 144 valence electrons. The Morgan fingerprint density at radius 2 is 2.04 bits per heavy atom. The minimum atomic E-state index is -0.516. The Kier molecular flexibility index (Phi) is 5.51. The molecular formula is C23H25N3O2. The van der Waals surface area contributed by atoms with Crippen molar-refractivity contribution in [3.05, 3.63) is 59.4 Å². The molecule has 2 aromatic rings. The fourth-order valence-corrected chi connectivity index (χ4v) is 3.28. The average molecular weight is 375 g/mol. The number of hydrogen-bond donors (Lipinski definition) is 0. The molecule has 5 heteroatoms. The van der Waals surface area contributed by atoms with Crippen LogP contribution in [-0.4, -0.2) is 34.7 Å². The van der Waals surface area contributed by atoms with E-state index < -0.39 is 5.60 Å². The third kappa shape index (κ3) is 4.40. The summed E-state index contributed by atoms with van der Waals surface area (Å²) in [7, 11) is 0. The predicted octanol–water partition coefficient (Wildman–Crippen LogP) is 4.95. The van der Waals surface area contributed by atoms with E-state index in [-0.39, 0.29) is 6.09 Å². The zero-order valence-electron chi connectivity index (χ0n) is 16.8. The summed E-state index contributed by atoms with van der Waals surface area (Å²) < 4.78 is 5.53. The van der Waals surface area contributed by atoms with Gasteiger partial charge in [0.15, 0.2) is 0 Å². The number of aromatic nitrogens is 1. The number of ether oxygens (including phenoxy) is 1. The summed E-state index contributed by atoms with van der Waals surface area (Å²) in [6.45, 7) is 8.69. The van der Waals surface area contributed by atoms with Gasteiger partial charge in [0.25, 0.3) is 0 Å². The number of nitriles is 1. The molecular weight excluding hydrogens is 350 g/mol. The lowest BCUT2D eigenvalue weighted by atomic mass is 9.92. The van der Waals surface area contributed by atoms with E-state index in [1.165, 1.54) is 0 Å². The molecule has 3 rings (SSSR count). The largest absolute Gasteiger partial charge is 0.444 e. The standard InChI is InChI=1S/C23H25N3O2/c1-16-12-17(7-8-18(16)13-24)20-9-10-25-14-21(20)19-6-5-11-26(15-19)22(27)28-23(2,3)4/h6-10,12,14H,5,11,15H2,1-4H3. The van der Waals surface area contributed by atoms with Crippen LogP contribution in [-0.2, 0) is 4.74 Å². The van der Waals surface area contributed by atoms with Gasteiger partial charge in [-0.05, 0) is 68.5 Å². The molecule has 1 aliphatic rings. The summed E-state index contributed by atoms with van der Waals surface area (Å²) >= 11 is 0. The molecule has 0 atom stereocenters. The fraction of sp³-hybridized carbons (Fsp3) is 0.348. The van der Waals surface area contributed by atoms with Crippen LogP contribution in [0.25, 0.3) is 16.7 Å². The zero-order chi connectivity index (χ0) is 20.3. The molecule has 0 saturated carbocycles. The van der Waals surface area contributed by atoms with Crippen LogP contribution < -0.4 is 0 Å². The first-order valence-electron chi connectivity index (χ1n) is 9.41. The van der Waals surface area contributed by atoms with Crippen molar-refractivity contribution in [3.8, 4) is 17.2 Å². The quantitative estimate of drug-likeness (QED) is 0.745. The van der Waals surface area contributed by atoms with E-state index in [1.807, 2.05) is 58.2 Å². The number of aryl methyl sites for hydroxylation is 1. The molecule has 2 heterocycles. The topological polar surface area (TPSA) is 66.2 Å². The van der Waals surface area contributed by atoms with Crippen molar-refractivity contribution in [2.24, 2.45) is 0 Å². The number of pyridine rings is 1. The molecule has 1 aromatic carbocycles. The first-order chi connectivity index (χ1) is 13.3. The monoisotopic (exact) mass is 375 g/mol. The molecule has 0 fully saturated rings. The average Bonchev–Trinajstić information content (AvgIpc) is 2.67. The molecule has 0 bridgehead atoms. The number of carbonyl (C=O) groups excluding carboxylic acids is 1. The van der Waals surface area contributed by atoms with Crippen LogP contribution in [0.3, 0.4) is 0 Å². The van der Waals surface area contributed by atoms with Gasteiger partial charge in [0, 0.05) is 31.0 Å². The lowest BCUT2D eigenvalue weighted by molar-refractivity contribution is 0.0273. The van der Waals surface area contributed by atoms with Crippen molar-refractivity contribution < 1.29 is 9.53 Å². The molecule has 1 aliphatic heterocycles. The Labute approximate surface area is 166 Å². The van der Waals surface area contributed by atoms with Gasteiger partial charge >= 0.3 is 6.09 Å². The van der Waals surface area contributed by atoms with E-state index in [4.69, 9.17) is 4.74 Å². The zero-order valence-corrected chi connectivity index (χ0v) is 16.8. The van der Waals surface area contributed by atoms with E-state index in [0.717, 1.165) is 34.2 Å². The number of rotatable bonds is 2. The number of nitrogens with zero attached hydrogens (tertiary/aromatic N) is 3. The first kappa shape index (κ1) is 19.6. The molecule has 0 N–H and O–H groups in total.